The van der Waals surface area contributed by atoms with E-state index in [-0.39, 0.29) is 5.41 Å². The van der Waals surface area contributed by atoms with E-state index < -0.39 is 0 Å². The summed E-state index contributed by atoms with van der Waals surface area (Å²) in [7, 11) is 0. The van der Waals surface area contributed by atoms with Gasteiger partial charge in [0.25, 0.3) is 0 Å². The van der Waals surface area contributed by atoms with E-state index in [0.29, 0.717) is 17.5 Å². The normalized spacial score (nSPS) is 12.8. The van der Waals surface area contributed by atoms with E-state index >= 15 is 0 Å². The molecule has 0 bridgehead atoms. The Bertz CT molecular complexity index is 3200. The highest BCUT2D eigenvalue weighted by Gasteiger charge is 2.35. The van der Waals surface area contributed by atoms with Crippen LogP contribution >= 0.6 is 0 Å². The van der Waals surface area contributed by atoms with Crippen LogP contribution in [0.15, 0.2) is 192 Å². The second kappa shape index (κ2) is 13.4. The van der Waals surface area contributed by atoms with E-state index in [1.54, 1.807) is 0 Å². The molecular weight excluding hydrogens is 707 g/mol. The Hall–Kier alpha value is -7.43. The van der Waals surface area contributed by atoms with Gasteiger partial charge in [-0.1, -0.05) is 178 Å². The largest absolute Gasteiger partial charge is 0.456 e. The Morgan fingerprint density at radius 3 is 1.60 bits per heavy atom. The van der Waals surface area contributed by atoms with Crippen LogP contribution in [0, 0.1) is 0 Å². The first-order valence-corrected chi connectivity index (χ1v) is 19.8. The lowest BCUT2D eigenvalue weighted by atomic mass is 9.82. The third kappa shape index (κ3) is 5.48. The van der Waals surface area contributed by atoms with Gasteiger partial charge in [0.15, 0.2) is 17.5 Å². The molecule has 0 unspecified atom stereocenters. The maximum Gasteiger partial charge on any atom is 0.164 e. The molecule has 58 heavy (non-hydrogen) atoms. The quantitative estimate of drug-likeness (QED) is 0.170. The summed E-state index contributed by atoms with van der Waals surface area (Å²) < 4.78 is 6.56. The van der Waals surface area contributed by atoms with Crippen LogP contribution in [0.3, 0.4) is 0 Å². The van der Waals surface area contributed by atoms with Gasteiger partial charge in [0, 0.05) is 32.9 Å². The van der Waals surface area contributed by atoms with Gasteiger partial charge in [0.2, 0.25) is 0 Å². The highest BCUT2D eigenvalue weighted by atomic mass is 16.3. The summed E-state index contributed by atoms with van der Waals surface area (Å²) >= 11 is 0. The van der Waals surface area contributed by atoms with Crippen molar-refractivity contribution < 1.29 is 4.42 Å². The predicted octanol–water partition coefficient (Wildman–Crippen LogP) is 14.1. The van der Waals surface area contributed by atoms with E-state index in [1.165, 1.54) is 44.5 Å². The van der Waals surface area contributed by atoms with Gasteiger partial charge in [-0.2, -0.15) is 0 Å². The average Bonchev–Trinajstić information content (AvgIpc) is 3.78. The minimum absolute atomic E-state index is 0.151. The highest BCUT2D eigenvalue weighted by Crippen LogP contribution is 2.49. The molecule has 11 rings (SSSR count). The number of nitrogens with zero attached hydrogens (tertiary/aromatic N) is 3. The maximum atomic E-state index is 6.56. The number of furan rings is 1. The number of aromatic nitrogens is 3. The minimum Gasteiger partial charge on any atom is -0.456 e. The van der Waals surface area contributed by atoms with Crippen LogP contribution in [0.25, 0.3) is 101 Å². The second-order valence-electron chi connectivity index (χ2n) is 15.6. The Morgan fingerprint density at radius 2 is 0.879 bits per heavy atom. The minimum atomic E-state index is -0.151. The SMILES string of the molecule is CC1(C)c2ccccc2-c2ccc(-c3nc(-c4ccccc4)nc(-c4cccc5oc6ccc(-c7ccccc7-c7ccccc7-c7ccccc7)cc6c45)n3)cc21. The van der Waals surface area contributed by atoms with Gasteiger partial charge in [0.05, 0.1) is 0 Å². The summed E-state index contributed by atoms with van der Waals surface area (Å²) in [5, 5.41) is 1.98. The Morgan fingerprint density at radius 1 is 0.345 bits per heavy atom. The standard InChI is InChI=1S/C54H37N3O/c1-54(2)46-26-14-13-24-42(46)43-30-28-37(33-47(43)54)52-55-51(35-18-7-4-8-19-35)56-53(57-52)44-25-15-27-49-50(44)45-32-36(29-31-48(45)58-49)39-21-10-12-23-41(39)40-22-11-9-20-38(40)34-16-5-3-6-17-34/h3-33H,1-2H3. The molecule has 0 spiro atoms. The molecule has 2 heterocycles. The van der Waals surface area contributed by atoms with Crippen molar-refractivity contribution in [2.45, 2.75) is 19.3 Å². The third-order valence-electron chi connectivity index (χ3n) is 11.8. The predicted molar refractivity (Wildman–Crippen MR) is 237 cm³/mol. The molecule has 0 saturated heterocycles. The van der Waals surface area contributed by atoms with Crippen LogP contribution in [0.5, 0.6) is 0 Å². The van der Waals surface area contributed by atoms with Gasteiger partial charge in [0.1, 0.15) is 11.2 Å². The fourth-order valence-corrected chi connectivity index (χ4v) is 8.92. The van der Waals surface area contributed by atoms with Crippen molar-refractivity contribution in [1.82, 2.24) is 15.0 Å². The summed E-state index contributed by atoms with van der Waals surface area (Å²) in [6.45, 7) is 4.60. The summed E-state index contributed by atoms with van der Waals surface area (Å²) in [5.74, 6) is 1.86. The smallest absolute Gasteiger partial charge is 0.164 e. The molecule has 0 fully saturated rings. The summed E-state index contributed by atoms with van der Waals surface area (Å²) in [6, 6.07) is 66.1. The molecule has 0 saturated carbocycles. The van der Waals surface area contributed by atoms with Crippen LogP contribution in [0.4, 0.5) is 0 Å². The molecule has 10 aromatic rings. The highest BCUT2D eigenvalue weighted by molar-refractivity contribution is 6.13. The fraction of sp³-hybridized carbons (Fsp3) is 0.0556. The van der Waals surface area contributed by atoms with Crippen molar-refractivity contribution in [3.05, 3.63) is 199 Å². The van der Waals surface area contributed by atoms with Gasteiger partial charge < -0.3 is 4.42 Å². The van der Waals surface area contributed by atoms with Gasteiger partial charge in [-0.25, -0.2) is 15.0 Å². The van der Waals surface area contributed by atoms with Crippen LogP contribution < -0.4 is 0 Å². The Labute approximate surface area is 337 Å². The van der Waals surface area contributed by atoms with Gasteiger partial charge in [-0.15, -0.1) is 0 Å². The number of rotatable bonds is 6. The molecule has 8 aromatic carbocycles. The molecule has 4 nitrogen and oxygen atoms in total. The average molecular weight is 744 g/mol. The van der Waals surface area contributed by atoms with Crippen molar-refractivity contribution in [1.29, 1.82) is 0 Å². The summed E-state index contributed by atoms with van der Waals surface area (Å²) in [4.78, 5) is 15.6. The van der Waals surface area contributed by atoms with Gasteiger partial charge in [-0.05, 0) is 79.9 Å². The first kappa shape index (κ1) is 33.9. The fourth-order valence-electron chi connectivity index (χ4n) is 8.92. The monoisotopic (exact) mass is 743 g/mol. The second-order valence-corrected chi connectivity index (χ2v) is 15.6. The maximum absolute atomic E-state index is 6.56. The number of fused-ring (bicyclic) bond motifs is 6. The van der Waals surface area contributed by atoms with Crippen molar-refractivity contribution in [3.8, 4) is 78.7 Å². The van der Waals surface area contributed by atoms with Crippen LogP contribution in [-0.4, -0.2) is 15.0 Å². The van der Waals surface area contributed by atoms with Crippen LogP contribution in [0.1, 0.15) is 25.0 Å². The number of hydrogen-bond donors (Lipinski definition) is 0. The molecular formula is C54H37N3O. The van der Waals surface area contributed by atoms with Crippen LogP contribution in [-0.2, 0) is 5.41 Å². The van der Waals surface area contributed by atoms with E-state index in [0.717, 1.165) is 49.8 Å². The van der Waals surface area contributed by atoms with E-state index in [1.807, 2.05) is 30.3 Å². The first-order valence-electron chi connectivity index (χ1n) is 19.8. The van der Waals surface area contributed by atoms with Gasteiger partial charge in [-0.3, -0.25) is 0 Å². The molecule has 4 heteroatoms. The Kier molecular flexibility index (Phi) is 7.80. The molecule has 0 aliphatic heterocycles. The van der Waals surface area contributed by atoms with Crippen molar-refractivity contribution >= 4 is 21.9 Å². The van der Waals surface area contributed by atoms with Crippen LogP contribution in [0.2, 0.25) is 0 Å². The lowest BCUT2D eigenvalue weighted by Crippen LogP contribution is -2.15. The lowest BCUT2D eigenvalue weighted by Gasteiger charge is -2.21. The topological polar surface area (TPSA) is 51.8 Å². The van der Waals surface area contributed by atoms with E-state index in [9.17, 15) is 0 Å². The molecule has 1 aliphatic rings. The first-order chi connectivity index (χ1) is 28.5. The summed E-state index contributed by atoms with van der Waals surface area (Å²) in [6.07, 6.45) is 0. The number of benzene rings is 8. The zero-order valence-electron chi connectivity index (χ0n) is 32.1. The third-order valence-corrected chi connectivity index (χ3v) is 11.8. The molecule has 0 atom stereocenters. The molecule has 0 radical (unpaired) electrons. The van der Waals surface area contributed by atoms with Crippen molar-refractivity contribution in [2.24, 2.45) is 0 Å². The molecule has 2 aromatic heterocycles. The van der Waals surface area contributed by atoms with Crippen molar-refractivity contribution in [2.75, 3.05) is 0 Å². The molecule has 1 aliphatic carbocycles. The lowest BCUT2D eigenvalue weighted by molar-refractivity contribution is 0.660. The summed E-state index contributed by atoms with van der Waals surface area (Å²) in [5.41, 5.74) is 16.4. The van der Waals surface area contributed by atoms with E-state index in [2.05, 4.69) is 172 Å². The zero-order valence-corrected chi connectivity index (χ0v) is 32.1. The molecule has 0 N–H and O–H groups in total. The molecule has 0 amide bonds. The number of hydrogen-bond acceptors (Lipinski definition) is 4. The Balaban J connectivity index is 1.09. The molecule has 274 valence electrons. The zero-order chi connectivity index (χ0) is 38.8. The van der Waals surface area contributed by atoms with Crippen molar-refractivity contribution in [3.63, 3.8) is 0 Å². The van der Waals surface area contributed by atoms with E-state index in [4.69, 9.17) is 19.4 Å². The van der Waals surface area contributed by atoms with Gasteiger partial charge >= 0.3 is 0 Å².